The van der Waals surface area contributed by atoms with E-state index in [1.165, 1.54) is 12.1 Å². The Morgan fingerprint density at radius 1 is 1.00 bits per heavy atom. The molecular formula is C18H15F4NO3. The largest absolute Gasteiger partial charge is 0.435 e. The molecule has 0 saturated carbocycles. The summed E-state index contributed by atoms with van der Waals surface area (Å²) in [5.74, 6) is -1.17. The van der Waals surface area contributed by atoms with E-state index in [1.807, 2.05) is 30.3 Å². The van der Waals surface area contributed by atoms with Gasteiger partial charge in [-0.25, -0.2) is 0 Å². The Balaban J connectivity index is 2.05. The number of ether oxygens (including phenoxy) is 2. The molecule has 138 valence electrons. The Morgan fingerprint density at radius 2 is 1.69 bits per heavy atom. The molecule has 26 heavy (non-hydrogen) atoms. The summed E-state index contributed by atoms with van der Waals surface area (Å²) in [6.45, 7) is -5.96. The first-order valence-electron chi connectivity index (χ1n) is 7.47. The third-order valence-electron chi connectivity index (χ3n) is 3.15. The van der Waals surface area contributed by atoms with E-state index in [0.29, 0.717) is 6.54 Å². The fraction of sp³-hybridized carbons (Fsp3) is 0.167. The molecule has 2 aromatic rings. The summed E-state index contributed by atoms with van der Waals surface area (Å²) in [6.07, 6.45) is 2.37. The SMILES string of the molecule is O=C(/C=C/c1ccc(OC(F)F)cc1OC(F)F)NCc1ccccc1. The molecule has 0 bridgehead atoms. The number of nitrogens with one attached hydrogen (secondary N) is 1. The number of hydrogen-bond donors (Lipinski definition) is 1. The summed E-state index contributed by atoms with van der Waals surface area (Å²) in [5, 5.41) is 2.63. The van der Waals surface area contributed by atoms with E-state index >= 15 is 0 Å². The van der Waals surface area contributed by atoms with Crippen LogP contribution in [0.15, 0.2) is 54.6 Å². The zero-order valence-corrected chi connectivity index (χ0v) is 13.4. The second-order valence-corrected chi connectivity index (χ2v) is 4.99. The molecule has 0 aliphatic heterocycles. The van der Waals surface area contributed by atoms with Gasteiger partial charge >= 0.3 is 13.2 Å². The summed E-state index contributed by atoms with van der Waals surface area (Å²) >= 11 is 0. The van der Waals surface area contributed by atoms with Gasteiger partial charge in [-0.1, -0.05) is 30.3 Å². The fourth-order valence-corrected chi connectivity index (χ4v) is 2.04. The maximum atomic E-state index is 12.5. The molecule has 0 atom stereocenters. The van der Waals surface area contributed by atoms with Crippen LogP contribution in [-0.4, -0.2) is 19.1 Å². The number of carbonyl (C=O) groups is 1. The Kier molecular flexibility index (Phi) is 7.02. The van der Waals surface area contributed by atoms with Crippen molar-refractivity contribution in [2.75, 3.05) is 0 Å². The summed E-state index contributed by atoms with van der Waals surface area (Å²) in [5.41, 5.74) is 1.01. The molecular weight excluding hydrogens is 354 g/mol. The van der Waals surface area contributed by atoms with Gasteiger partial charge in [0.05, 0.1) is 0 Å². The van der Waals surface area contributed by atoms with Crippen molar-refractivity contribution >= 4 is 12.0 Å². The van der Waals surface area contributed by atoms with Crippen molar-refractivity contribution in [1.29, 1.82) is 0 Å². The van der Waals surface area contributed by atoms with Gasteiger partial charge in [0.2, 0.25) is 5.91 Å². The summed E-state index contributed by atoms with van der Waals surface area (Å²) in [4.78, 5) is 11.8. The maximum Gasteiger partial charge on any atom is 0.387 e. The Hall–Kier alpha value is -3.03. The Labute approximate surface area is 147 Å². The van der Waals surface area contributed by atoms with E-state index in [0.717, 1.165) is 23.8 Å². The molecule has 0 radical (unpaired) electrons. The van der Waals surface area contributed by atoms with Crippen LogP contribution in [0.5, 0.6) is 11.5 Å². The average Bonchev–Trinajstić information content (AvgIpc) is 2.59. The molecule has 0 aromatic heterocycles. The van der Waals surface area contributed by atoms with Crippen LogP contribution in [0.1, 0.15) is 11.1 Å². The topological polar surface area (TPSA) is 47.6 Å². The molecule has 4 nitrogen and oxygen atoms in total. The lowest BCUT2D eigenvalue weighted by Gasteiger charge is -2.11. The quantitative estimate of drug-likeness (QED) is 0.560. The molecule has 2 rings (SSSR count). The second-order valence-electron chi connectivity index (χ2n) is 4.99. The zero-order chi connectivity index (χ0) is 18.9. The molecule has 0 aliphatic rings. The van der Waals surface area contributed by atoms with Crippen molar-refractivity contribution in [2.24, 2.45) is 0 Å². The van der Waals surface area contributed by atoms with Crippen LogP contribution in [0.4, 0.5) is 17.6 Å². The summed E-state index contributed by atoms with van der Waals surface area (Å²) in [7, 11) is 0. The highest BCUT2D eigenvalue weighted by Gasteiger charge is 2.12. The van der Waals surface area contributed by atoms with Gasteiger partial charge < -0.3 is 14.8 Å². The third kappa shape index (κ3) is 6.46. The normalized spacial score (nSPS) is 11.2. The first-order valence-corrected chi connectivity index (χ1v) is 7.47. The second kappa shape index (κ2) is 9.45. The van der Waals surface area contributed by atoms with Crippen LogP contribution >= 0.6 is 0 Å². The molecule has 0 saturated heterocycles. The third-order valence-corrected chi connectivity index (χ3v) is 3.15. The van der Waals surface area contributed by atoms with Crippen molar-refractivity contribution in [3.63, 3.8) is 0 Å². The lowest BCUT2D eigenvalue weighted by Crippen LogP contribution is -2.20. The molecule has 8 heteroatoms. The van der Waals surface area contributed by atoms with E-state index in [-0.39, 0.29) is 17.1 Å². The van der Waals surface area contributed by atoms with Crippen LogP contribution < -0.4 is 14.8 Å². The predicted octanol–water partition coefficient (Wildman–Crippen LogP) is 4.22. The van der Waals surface area contributed by atoms with Gasteiger partial charge in [0.25, 0.3) is 0 Å². The van der Waals surface area contributed by atoms with Gasteiger partial charge in [0.15, 0.2) is 0 Å². The number of hydrogen-bond acceptors (Lipinski definition) is 3. The average molecular weight is 369 g/mol. The van der Waals surface area contributed by atoms with Crippen LogP contribution in [-0.2, 0) is 11.3 Å². The van der Waals surface area contributed by atoms with Crippen LogP contribution in [0.25, 0.3) is 6.08 Å². The number of rotatable bonds is 8. The van der Waals surface area contributed by atoms with Crippen LogP contribution in [0, 0.1) is 0 Å². The minimum atomic E-state index is -3.16. The standard InChI is InChI=1S/C18H15F4NO3/c19-17(20)25-14-8-6-13(15(10-14)26-18(21)22)7-9-16(24)23-11-12-4-2-1-3-5-12/h1-10,17-18H,11H2,(H,23,24)/b9-7+. The van der Waals surface area contributed by atoms with Gasteiger partial charge in [0, 0.05) is 24.3 Å². The smallest absolute Gasteiger partial charge is 0.387 e. The van der Waals surface area contributed by atoms with Gasteiger partial charge in [-0.2, -0.15) is 17.6 Å². The number of carbonyl (C=O) groups excluding carboxylic acids is 1. The number of benzene rings is 2. The van der Waals surface area contributed by atoms with Crippen molar-refractivity contribution in [3.8, 4) is 11.5 Å². The van der Waals surface area contributed by atoms with Crippen LogP contribution in [0.3, 0.4) is 0 Å². The summed E-state index contributed by atoms with van der Waals surface area (Å²) < 4.78 is 57.8. The molecule has 1 amide bonds. The Bertz CT molecular complexity index is 751. The van der Waals surface area contributed by atoms with E-state index in [1.54, 1.807) is 0 Å². The Morgan fingerprint density at radius 3 is 2.35 bits per heavy atom. The molecule has 0 spiro atoms. The first-order chi connectivity index (χ1) is 12.4. The minimum absolute atomic E-state index is 0.113. The van der Waals surface area contributed by atoms with Crippen molar-refractivity contribution in [1.82, 2.24) is 5.32 Å². The minimum Gasteiger partial charge on any atom is -0.435 e. The first kappa shape index (κ1) is 19.3. The van der Waals surface area contributed by atoms with Crippen LogP contribution in [0.2, 0.25) is 0 Å². The molecule has 0 aliphatic carbocycles. The molecule has 1 N–H and O–H groups in total. The van der Waals surface area contributed by atoms with E-state index in [9.17, 15) is 22.4 Å². The summed E-state index contributed by atoms with van der Waals surface area (Å²) in [6, 6.07) is 12.5. The van der Waals surface area contributed by atoms with Gasteiger partial charge in [-0.15, -0.1) is 0 Å². The monoisotopic (exact) mass is 369 g/mol. The van der Waals surface area contributed by atoms with E-state index < -0.39 is 19.1 Å². The van der Waals surface area contributed by atoms with Gasteiger partial charge in [0.1, 0.15) is 11.5 Å². The highest BCUT2D eigenvalue weighted by molar-refractivity contribution is 5.92. The van der Waals surface area contributed by atoms with Gasteiger partial charge in [-0.3, -0.25) is 4.79 Å². The lowest BCUT2D eigenvalue weighted by molar-refractivity contribution is -0.116. The predicted molar refractivity (Wildman–Crippen MR) is 87.0 cm³/mol. The highest BCUT2D eigenvalue weighted by atomic mass is 19.3. The van der Waals surface area contributed by atoms with Crippen molar-refractivity contribution in [2.45, 2.75) is 19.8 Å². The highest BCUT2D eigenvalue weighted by Crippen LogP contribution is 2.28. The maximum absolute atomic E-state index is 12.5. The molecule has 0 fully saturated rings. The number of amides is 1. The van der Waals surface area contributed by atoms with Gasteiger partial charge in [-0.05, 0) is 23.8 Å². The lowest BCUT2D eigenvalue weighted by atomic mass is 10.1. The molecule has 2 aromatic carbocycles. The molecule has 0 unspecified atom stereocenters. The van der Waals surface area contributed by atoms with E-state index in [4.69, 9.17) is 0 Å². The molecule has 0 heterocycles. The fourth-order valence-electron chi connectivity index (χ4n) is 2.04. The number of alkyl halides is 4. The van der Waals surface area contributed by atoms with Crippen molar-refractivity contribution in [3.05, 3.63) is 65.7 Å². The van der Waals surface area contributed by atoms with Crippen molar-refractivity contribution < 1.29 is 31.8 Å². The zero-order valence-electron chi connectivity index (χ0n) is 13.4. The number of halogens is 4. The van der Waals surface area contributed by atoms with E-state index in [2.05, 4.69) is 14.8 Å².